The van der Waals surface area contributed by atoms with Gasteiger partial charge in [0.1, 0.15) is 17.3 Å². The molecule has 0 bridgehead atoms. The van der Waals surface area contributed by atoms with Crippen molar-refractivity contribution < 1.29 is 22.1 Å². The maximum atomic E-state index is 14.3. The van der Waals surface area contributed by atoms with Crippen molar-refractivity contribution in [2.45, 2.75) is 32.9 Å². The molecule has 11 heteroatoms. The van der Waals surface area contributed by atoms with E-state index in [0.29, 0.717) is 16.9 Å². The van der Waals surface area contributed by atoms with Crippen LogP contribution in [0.1, 0.15) is 35.5 Å². The molecule has 1 atom stereocenters. The summed E-state index contributed by atoms with van der Waals surface area (Å²) in [7, 11) is -0.990. The number of anilines is 2. The van der Waals surface area contributed by atoms with Crippen molar-refractivity contribution in [1.29, 1.82) is 0 Å². The third-order valence-electron chi connectivity index (χ3n) is 6.03. The fourth-order valence-corrected chi connectivity index (χ4v) is 4.08. The van der Waals surface area contributed by atoms with E-state index < -0.39 is 31.7 Å². The van der Waals surface area contributed by atoms with Crippen LogP contribution in [-0.4, -0.2) is 59.8 Å². The standard InChI is InChI=1S/C25H27FN8O2/c1-15-5-6-17(9-19(15)26)11-34-18(14-36-4)12-33-13-20(29-23(33)24(34)35)22-16(2)10-27-25(31-22)30-21-7-8-28-32(21)3/h5-10,13,18H,11-12,14H2,1-4H3,(H,27,30,31)/t18-/m1/s1/i2D3,4D3. The molecule has 1 aliphatic rings. The van der Waals surface area contributed by atoms with Crippen LogP contribution in [0.25, 0.3) is 11.4 Å². The van der Waals surface area contributed by atoms with Crippen molar-refractivity contribution in [2.75, 3.05) is 19.0 Å². The van der Waals surface area contributed by atoms with E-state index in [1.165, 1.54) is 27.9 Å². The van der Waals surface area contributed by atoms with Gasteiger partial charge in [-0.3, -0.25) is 9.48 Å². The van der Waals surface area contributed by atoms with Crippen LogP contribution in [-0.2, 0) is 24.9 Å². The van der Waals surface area contributed by atoms with E-state index in [1.807, 2.05) is 0 Å². The minimum atomic E-state index is -2.70. The number of aryl methyl sites for hydroxylation is 3. The molecule has 0 spiro atoms. The van der Waals surface area contributed by atoms with Crippen LogP contribution < -0.4 is 5.32 Å². The summed E-state index contributed by atoms with van der Waals surface area (Å²) in [5.41, 5.74) is 0.871. The monoisotopic (exact) mass is 496 g/mol. The summed E-state index contributed by atoms with van der Waals surface area (Å²) in [6.07, 6.45) is 4.24. The van der Waals surface area contributed by atoms with Gasteiger partial charge < -0.3 is 19.5 Å². The lowest BCUT2D eigenvalue weighted by Crippen LogP contribution is -2.49. The van der Waals surface area contributed by atoms with Crippen LogP contribution in [0, 0.1) is 19.6 Å². The number of benzene rings is 1. The third kappa shape index (κ3) is 4.44. The van der Waals surface area contributed by atoms with Gasteiger partial charge in [-0.25, -0.2) is 19.3 Å². The number of hydrogen-bond acceptors (Lipinski definition) is 7. The largest absolute Gasteiger partial charge is 0.382 e. The zero-order valence-corrected chi connectivity index (χ0v) is 19.6. The van der Waals surface area contributed by atoms with E-state index >= 15 is 0 Å². The van der Waals surface area contributed by atoms with Crippen LogP contribution in [0.3, 0.4) is 0 Å². The quantitative estimate of drug-likeness (QED) is 0.419. The van der Waals surface area contributed by atoms with E-state index in [9.17, 15) is 9.18 Å². The maximum Gasteiger partial charge on any atom is 0.290 e. The van der Waals surface area contributed by atoms with Crippen LogP contribution in [0.5, 0.6) is 0 Å². The summed E-state index contributed by atoms with van der Waals surface area (Å²) in [4.78, 5) is 28.1. The lowest BCUT2D eigenvalue weighted by Gasteiger charge is -2.35. The van der Waals surface area contributed by atoms with E-state index in [4.69, 9.17) is 13.0 Å². The number of carbonyl (C=O) groups is 1. The Bertz CT molecular complexity index is 1630. The zero-order valence-electron chi connectivity index (χ0n) is 25.6. The van der Waals surface area contributed by atoms with Crippen molar-refractivity contribution in [1.82, 2.24) is 34.2 Å². The number of imidazole rings is 1. The van der Waals surface area contributed by atoms with Gasteiger partial charge in [-0.15, -0.1) is 0 Å². The Hall–Kier alpha value is -4.12. The van der Waals surface area contributed by atoms with Gasteiger partial charge in [-0.1, -0.05) is 12.1 Å². The summed E-state index contributed by atoms with van der Waals surface area (Å²) < 4.78 is 68.8. The molecule has 36 heavy (non-hydrogen) atoms. The van der Waals surface area contributed by atoms with Gasteiger partial charge in [0.15, 0.2) is 5.82 Å². The molecule has 4 aromatic rings. The lowest BCUT2D eigenvalue weighted by molar-refractivity contribution is 0.0380. The first-order valence-electron chi connectivity index (χ1n) is 14.1. The van der Waals surface area contributed by atoms with Gasteiger partial charge >= 0.3 is 0 Å². The number of nitrogens with zero attached hydrogens (tertiary/aromatic N) is 7. The number of methoxy groups -OCH3 is 1. The van der Waals surface area contributed by atoms with Crippen molar-refractivity contribution in [2.24, 2.45) is 7.05 Å². The number of rotatable bonds is 7. The van der Waals surface area contributed by atoms with Crippen molar-refractivity contribution in [3.63, 3.8) is 0 Å². The second-order valence-electron chi connectivity index (χ2n) is 8.50. The minimum Gasteiger partial charge on any atom is -0.382 e. The Morgan fingerprint density at radius 2 is 2.17 bits per heavy atom. The van der Waals surface area contributed by atoms with Crippen LogP contribution >= 0.6 is 0 Å². The molecule has 3 aromatic heterocycles. The molecule has 0 unspecified atom stereocenters. The Balaban J connectivity index is 1.53. The van der Waals surface area contributed by atoms with Crippen LogP contribution in [0.4, 0.5) is 16.2 Å². The average Bonchev–Trinajstić information content (AvgIpc) is 3.52. The van der Waals surface area contributed by atoms with E-state index in [1.54, 1.807) is 43.0 Å². The van der Waals surface area contributed by atoms with Crippen LogP contribution in [0.15, 0.2) is 42.9 Å². The zero-order chi connectivity index (χ0) is 30.4. The molecule has 0 saturated heterocycles. The molecule has 1 N–H and O–H groups in total. The molecule has 0 saturated carbocycles. The molecule has 10 nitrogen and oxygen atoms in total. The summed E-state index contributed by atoms with van der Waals surface area (Å²) in [5.74, 6) is -0.370. The number of hydrogen-bond donors (Lipinski definition) is 1. The fourth-order valence-electron chi connectivity index (χ4n) is 4.08. The third-order valence-corrected chi connectivity index (χ3v) is 6.03. The Morgan fingerprint density at radius 1 is 1.28 bits per heavy atom. The predicted molar refractivity (Wildman–Crippen MR) is 131 cm³/mol. The van der Waals surface area contributed by atoms with Gasteiger partial charge in [-0.05, 0) is 36.5 Å². The van der Waals surface area contributed by atoms with E-state index in [-0.39, 0.29) is 48.4 Å². The molecule has 186 valence electrons. The molecule has 1 amide bonds. The van der Waals surface area contributed by atoms with Gasteiger partial charge in [-0.2, -0.15) is 5.10 Å². The minimum absolute atomic E-state index is 0.00758. The highest BCUT2D eigenvalue weighted by molar-refractivity contribution is 5.92. The lowest BCUT2D eigenvalue weighted by atomic mass is 10.1. The molecular weight excluding hydrogens is 463 g/mol. The fraction of sp³-hybridized carbons (Fsp3) is 0.320. The first-order chi connectivity index (χ1) is 19.7. The second-order valence-corrected chi connectivity index (χ2v) is 8.50. The van der Waals surface area contributed by atoms with Gasteiger partial charge in [0.05, 0.1) is 28.7 Å². The second kappa shape index (κ2) is 9.50. The van der Waals surface area contributed by atoms with Crippen LogP contribution in [0.2, 0.25) is 0 Å². The smallest absolute Gasteiger partial charge is 0.290 e. The maximum absolute atomic E-state index is 14.3. The number of amides is 1. The molecule has 0 radical (unpaired) electrons. The molecule has 4 heterocycles. The number of ether oxygens (including phenoxy) is 1. The number of carbonyl (C=O) groups excluding carboxylic acids is 1. The first-order valence-corrected chi connectivity index (χ1v) is 11.1. The Morgan fingerprint density at radius 3 is 2.92 bits per heavy atom. The van der Waals surface area contributed by atoms with Gasteiger partial charge in [0.2, 0.25) is 5.95 Å². The van der Waals surface area contributed by atoms with Crippen molar-refractivity contribution in [3.05, 3.63) is 71.2 Å². The average molecular weight is 497 g/mol. The number of halogens is 1. The first kappa shape index (κ1) is 17.3. The highest BCUT2D eigenvalue weighted by Crippen LogP contribution is 2.27. The van der Waals surface area contributed by atoms with E-state index in [0.717, 1.165) is 0 Å². The molecule has 0 aliphatic carbocycles. The van der Waals surface area contributed by atoms with Gasteiger partial charge in [0, 0.05) is 49.7 Å². The molecular formula is C25H27FN8O2. The predicted octanol–water partition coefficient (Wildman–Crippen LogP) is 3.24. The van der Waals surface area contributed by atoms with E-state index in [2.05, 4.69) is 25.4 Å². The summed E-state index contributed by atoms with van der Waals surface area (Å²) in [6, 6.07) is 5.53. The summed E-state index contributed by atoms with van der Waals surface area (Å²) in [6.45, 7) is -1.23. The molecule has 1 aromatic carbocycles. The highest BCUT2D eigenvalue weighted by Gasteiger charge is 2.35. The molecule has 1 aliphatic heterocycles. The summed E-state index contributed by atoms with van der Waals surface area (Å²) >= 11 is 0. The normalized spacial score (nSPS) is 18.5. The van der Waals surface area contributed by atoms with Gasteiger partial charge in [0.25, 0.3) is 5.91 Å². The molecule has 0 fully saturated rings. The van der Waals surface area contributed by atoms with Crippen molar-refractivity contribution in [3.8, 4) is 11.4 Å². The Labute approximate surface area is 216 Å². The molecule has 5 rings (SSSR count). The SMILES string of the molecule is [2H]C([2H])([2H])OC[C@H]1Cn2cc(-c3nc(Nc4ccnn4C)ncc3C([2H])([2H])[2H])nc2C(=O)N1Cc1ccc(C)c(F)c1. The number of aromatic nitrogens is 6. The Kier molecular flexibility index (Phi) is 4.57. The highest BCUT2D eigenvalue weighted by atomic mass is 19.1. The number of fused-ring (bicyclic) bond motifs is 1. The summed E-state index contributed by atoms with van der Waals surface area (Å²) in [5, 5.41) is 7.05. The number of nitrogens with one attached hydrogen (secondary N) is 1. The van der Waals surface area contributed by atoms with Crippen molar-refractivity contribution >= 4 is 17.7 Å². The topological polar surface area (TPSA) is 103 Å².